The minimum atomic E-state index is -0.0663. The van der Waals surface area contributed by atoms with E-state index in [0.29, 0.717) is 22.8 Å². The van der Waals surface area contributed by atoms with Gasteiger partial charge in [0.05, 0.1) is 19.2 Å². The molecule has 2 aromatic carbocycles. The summed E-state index contributed by atoms with van der Waals surface area (Å²) in [4.78, 5) is 13.2. The zero-order valence-electron chi connectivity index (χ0n) is 16.5. The molecule has 6 nitrogen and oxygen atoms in total. The van der Waals surface area contributed by atoms with Crippen molar-refractivity contribution in [3.05, 3.63) is 86.5 Å². The molecule has 0 fully saturated rings. The second-order valence-corrected chi connectivity index (χ2v) is 9.14. The smallest absolute Gasteiger partial charge is 0.273 e. The van der Waals surface area contributed by atoms with Gasteiger partial charge in [0.1, 0.15) is 10.4 Å². The first kappa shape index (κ1) is 20.1. The van der Waals surface area contributed by atoms with Crippen molar-refractivity contribution in [3.8, 4) is 5.75 Å². The Kier molecular flexibility index (Phi) is 5.43. The van der Waals surface area contributed by atoms with Gasteiger partial charge in [-0.2, -0.15) is 0 Å². The van der Waals surface area contributed by atoms with Gasteiger partial charge in [-0.15, -0.1) is 21.5 Å². The van der Waals surface area contributed by atoms with Crippen molar-refractivity contribution in [1.82, 2.24) is 19.2 Å². The summed E-state index contributed by atoms with van der Waals surface area (Å²) in [5, 5.41) is 12.1. The lowest BCUT2D eigenvalue weighted by atomic mass is 10.2. The van der Waals surface area contributed by atoms with E-state index in [4.69, 9.17) is 16.3 Å². The summed E-state index contributed by atoms with van der Waals surface area (Å²) in [6.45, 7) is 0.396. The SMILES string of the molecule is COc1ccc(Cn2c(=O)c3sccc3n3c(SCc4ccccc4Cl)nnc23)cc1. The van der Waals surface area contributed by atoms with Crippen molar-refractivity contribution in [3.63, 3.8) is 0 Å². The molecule has 0 radical (unpaired) electrons. The first-order chi connectivity index (χ1) is 15.2. The molecular formula is C22H17ClN4O2S2. The van der Waals surface area contributed by atoms with Gasteiger partial charge in [0.15, 0.2) is 5.16 Å². The number of aromatic nitrogens is 4. The number of hydrogen-bond donors (Lipinski definition) is 0. The molecule has 3 heterocycles. The quantitative estimate of drug-likeness (QED) is 0.324. The van der Waals surface area contributed by atoms with Crippen LogP contribution < -0.4 is 10.3 Å². The third kappa shape index (κ3) is 3.71. The molecule has 0 aliphatic heterocycles. The lowest BCUT2D eigenvalue weighted by Crippen LogP contribution is -2.23. The maximum absolute atomic E-state index is 13.2. The molecular weight excluding hydrogens is 452 g/mol. The predicted octanol–water partition coefficient (Wildman–Crippen LogP) is 5.11. The molecule has 31 heavy (non-hydrogen) atoms. The van der Waals surface area contributed by atoms with E-state index >= 15 is 0 Å². The van der Waals surface area contributed by atoms with Gasteiger partial charge in [0, 0.05) is 10.8 Å². The summed E-state index contributed by atoms with van der Waals surface area (Å²) in [5.74, 6) is 1.95. The van der Waals surface area contributed by atoms with Gasteiger partial charge in [0.2, 0.25) is 5.78 Å². The van der Waals surface area contributed by atoms with Gasteiger partial charge in [-0.25, -0.2) is 0 Å². The van der Waals surface area contributed by atoms with E-state index in [1.165, 1.54) is 11.3 Å². The van der Waals surface area contributed by atoms with Crippen LogP contribution in [-0.4, -0.2) is 26.3 Å². The molecule has 0 saturated heterocycles. The topological polar surface area (TPSA) is 61.4 Å². The van der Waals surface area contributed by atoms with Crippen molar-refractivity contribution in [2.75, 3.05) is 7.11 Å². The molecule has 0 amide bonds. The lowest BCUT2D eigenvalue weighted by Gasteiger charge is -2.10. The van der Waals surface area contributed by atoms with E-state index in [1.807, 2.05) is 64.4 Å². The average molecular weight is 469 g/mol. The number of halogens is 1. The summed E-state index contributed by atoms with van der Waals surface area (Å²) in [6.07, 6.45) is 0. The first-order valence-corrected chi connectivity index (χ1v) is 11.7. The average Bonchev–Trinajstić information content (AvgIpc) is 3.44. The minimum absolute atomic E-state index is 0.0663. The summed E-state index contributed by atoms with van der Waals surface area (Å²) < 4.78 is 9.54. The Bertz CT molecular complexity index is 1440. The van der Waals surface area contributed by atoms with Crippen LogP contribution >= 0.6 is 34.7 Å². The van der Waals surface area contributed by atoms with E-state index in [-0.39, 0.29) is 5.56 Å². The number of fused-ring (bicyclic) bond motifs is 3. The molecule has 0 bridgehead atoms. The van der Waals surface area contributed by atoms with E-state index in [9.17, 15) is 4.79 Å². The van der Waals surface area contributed by atoms with Gasteiger partial charge in [-0.05, 0) is 40.8 Å². The number of methoxy groups -OCH3 is 1. The van der Waals surface area contributed by atoms with Crippen LogP contribution in [0.15, 0.2) is 69.9 Å². The maximum Gasteiger partial charge on any atom is 0.273 e. The number of thioether (sulfide) groups is 1. The second kappa shape index (κ2) is 8.37. The normalized spacial score (nSPS) is 11.4. The molecule has 5 rings (SSSR count). The van der Waals surface area contributed by atoms with Crippen molar-refractivity contribution in [1.29, 1.82) is 0 Å². The zero-order valence-corrected chi connectivity index (χ0v) is 18.9. The highest BCUT2D eigenvalue weighted by atomic mass is 35.5. The van der Waals surface area contributed by atoms with Gasteiger partial charge in [-0.1, -0.05) is 53.7 Å². The highest BCUT2D eigenvalue weighted by Crippen LogP contribution is 2.28. The highest BCUT2D eigenvalue weighted by Gasteiger charge is 2.18. The van der Waals surface area contributed by atoms with Crippen LogP contribution in [0.25, 0.3) is 16.0 Å². The van der Waals surface area contributed by atoms with Gasteiger partial charge in [0.25, 0.3) is 5.56 Å². The van der Waals surface area contributed by atoms with Crippen LogP contribution in [0.3, 0.4) is 0 Å². The van der Waals surface area contributed by atoms with E-state index in [1.54, 1.807) is 23.4 Å². The molecule has 0 aliphatic carbocycles. The Labute approximate surface area is 191 Å². The first-order valence-electron chi connectivity index (χ1n) is 9.50. The highest BCUT2D eigenvalue weighted by molar-refractivity contribution is 7.98. The fourth-order valence-corrected chi connectivity index (χ4v) is 5.46. The standard InChI is InChI=1S/C22H17ClN4O2S2/c1-29-16-8-6-14(7-9-16)12-26-20(28)19-18(10-11-30-19)27-21(26)24-25-22(27)31-13-15-4-2-3-5-17(15)23/h2-11H,12-13H2,1H3. The molecule has 0 atom stereocenters. The number of rotatable bonds is 6. The third-order valence-corrected chi connectivity index (χ3v) is 7.23. The third-order valence-electron chi connectivity index (χ3n) is 5.00. The summed E-state index contributed by atoms with van der Waals surface area (Å²) in [5.41, 5.74) is 2.76. The maximum atomic E-state index is 13.2. The largest absolute Gasteiger partial charge is 0.497 e. The van der Waals surface area contributed by atoms with E-state index < -0.39 is 0 Å². The van der Waals surface area contributed by atoms with Crippen LogP contribution in [0.1, 0.15) is 11.1 Å². The molecule has 0 N–H and O–H groups in total. The zero-order chi connectivity index (χ0) is 21.4. The number of ether oxygens (including phenoxy) is 1. The van der Waals surface area contributed by atoms with Crippen LogP contribution in [0.4, 0.5) is 0 Å². The number of nitrogens with zero attached hydrogens (tertiary/aromatic N) is 4. The lowest BCUT2D eigenvalue weighted by molar-refractivity contribution is 0.414. The van der Waals surface area contributed by atoms with Gasteiger partial charge in [-0.3, -0.25) is 13.8 Å². The molecule has 0 aliphatic rings. The van der Waals surface area contributed by atoms with Crippen LogP contribution in [0.5, 0.6) is 5.75 Å². The molecule has 0 unspecified atom stereocenters. The molecule has 0 spiro atoms. The fourth-order valence-electron chi connectivity index (χ4n) is 3.41. The predicted molar refractivity (Wildman–Crippen MR) is 126 cm³/mol. The second-order valence-electron chi connectivity index (χ2n) is 6.87. The Morgan fingerprint density at radius 2 is 1.90 bits per heavy atom. The Morgan fingerprint density at radius 3 is 2.68 bits per heavy atom. The Hall–Kier alpha value is -2.81. The van der Waals surface area contributed by atoms with Gasteiger partial charge >= 0.3 is 0 Å². The van der Waals surface area contributed by atoms with Gasteiger partial charge < -0.3 is 4.74 Å². The summed E-state index contributed by atoms with van der Waals surface area (Å²) in [7, 11) is 1.63. The molecule has 156 valence electrons. The van der Waals surface area contributed by atoms with Crippen molar-refractivity contribution < 1.29 is 4.74 Å². The Morgan fingerprint density at radius 1 is 1.10 bits per heavy atom. The van der Waals surface area contributed by atoms with Crippen LogP contribution in [-0.2, 0) is 12.3 Å². The fraction of sp³-hybridized carbons (Fsp3) is 0.136. The Balaban J connectivity index is 1.58. The number of thiophene rings is 1. The molecule has 5 aromatic rings. The van der Waals surface area contributed by atoms with Crippen molar-refractivity contribution in [2.45, 2.75) is 17.5 Å². The minimum Gasteiger partial charge on any atom is -0.497 e. The van der Waals surface area contributed by atoms with E-state index in [2.05, 4.69) is 10.2 Å². The van der Waals surface area contributed by atoms with Crippen molar-refractivity contribution in [2.24, 2.45) is 0 Å². The van der Waals surface area contributed by atoms with E-state index in [0.717, 1.165) is 32.6 Å². The number of hydrogen-bond acceptors (Lipinski definition) is 6. The molecule has 0 saturated carbocycles. The van der Waals surface area contributed by atoms with Crippen molar-refractivity contribution >= 4 is 50.7 Å². The molecule has 9 heteroatoms. The monoisotopic (exact) mass is 468 g/mol. The summed E-state index contributed by atoms with van der Waals surface area (Å²) >= 11 is 9.28. The summed E-state index contributed by atoms with van der Waals surface area (Å²) in [6, 6.07) is 17.4. The van der Waals surface area contributed by atoms with Crippen LogP contribution in [0.2, 0.25) is 5.02 Å². The van der Waals surface area contributed by atoms with Crippen LogP contribution in [0, 0.1) is 0 Å². The number of benzene rings is 2. The molecule has 3 aromatic heterocycles.